The van der Waals surface area contributed by atoms with Crippen LogP contribution in [0.1, 0.15) is 30.8 Å². The number of nitrogen functional groups attached to an aromatic ring is 1. The Balaban J connectivity index is 2.64. The molecule has 18 heavy (non-hydrogen) atoms. The van der Waals surface area contributed by atoms with Crippen LogP contribution in [0.4, 0.5) is 5.69 Å². The van der Waals surface area contributed by atoms with E-state index in [4.69, 9.17) is 5.73 Å². The Morgan fingerprint density at radius 1 is 1.22 bits per heavy atom. The molecule has 1 aromatic heterocycles. The molecule has 0 radical (unpaired) electrons. The topological polar surface area (TPSA) is 43.8 Å². The van der Waals surface area contributed by atoms with Crippen LogP contribution in [0.5, 0.6) is 0 Å². The van der Waals surface area contributed by atoms with Crippen LogP contribution >= 0.6 is 0 Å². The summed E-state index contributed by atoms with van der Waals surface area (Å²) in [5, 5.41) is 4.60. The van der Waals surface area contributed by atoms with Crippen LogP contribution in [0.15, 0.2) is 18.2 Å². The zero-order chi connectivity index (χ0) is 13.3. The van der Waals surface area contributed by atoms with Crippen molar-refractivity contribution in [3.63, 3.8) is 0 Å². The Bertz CT molecular complexity index is 567. The largest absolute Gasteiger partial charge is 0.398 e. The minimum Gasteiger partial charge on any atom is -0.398 e. The summed E-state index contributed by atoms with van der Waals surface area (Å²) in [6.07, 6.45) is 1.92. The van der Waals surface area contributed by atoms with Gasteiger partial charge in [-0.15, -0.1) is 0 Å². The van der Waals surface area contributed by atoms with Crippen molar-refractivity contribution < 1.29 is 0 Å². The van der Waals surface area contributed by atoms with Crippen molar-refractivity contribution in [2.45, 2.75) is 33.6 Å². The van der Waals surface area contributed by atoms with Crippen LogP contribution < -0.4 is 5.73 Å². The molecule has 0 aliphatic rings. The van der Waals surface area contributed by atoms with Crippen LogP contribution in [0.3, 0.4) is 0 Å². The molecule has 0 unspecified atom stereocenters. The van der Waals surface area contributed by atoms with E-state index in [1.807, 2.05) is 18.7 Å². The molecule has 0 spiro atoms. The molecular weight excluding hydrogens is 222 g/mol. The maximum atomic E-state index is 6.02. The van der Waals surface area contributed by atoms with Gasteiger partial charge in [0.2, 0.25) is 0 Å². The molecule has 0 bridgehead atoms. The van der Waals surface area contributed by atoms with E-state index in [0.29, 0.717) is 0 Å². The second-order valence-corrected chi connectivity index (χ2v) is 4.67. The van der Waals surface area contributed by atoms with Crippen LogP contribution in [0, 0.1) is 6.92 Å². The fraction of sp³-hybridized carbons (Fsp3) is 0.400. The van der Waals surface area contributed by atoms with E-state index in [9.17, 15) is 0 Å². The predicted molar refractivity (Wildman–Crippen MR) is 76.5 cm³/mol. The SMILES string of the molecule is CCc1nn(C)c(CC)c1-c1ccc(C)c(N)c1. The van der Waals surface area contributed by atoms with Gasteiger partial charge in [-0.25, -0.2) is 0 Å². The number of benzene rings is 1. The van der Waals surface area contributed by atoms with Gasteiger partial charge in [-0.1, -0.05) is 26.0 Å². The Labute approximate surface area is 109 Å². The van der Waals surface area contributed by atoms with Crippen molar-refractivity contribution in [2.75, 3.05) is 5.73 Å². The number of hydrogen-bond acceptors (Lipinski definition) is 2. The Kier molecular flexibility index (Phi) is 3.41. The molecule has 0 fully saturated rings. The first kappa shape index (κ1) is 12.7. The summed E-state index contributed by atoms with van der Waals surface area (Å²) in [6.45, 7) is 6.34. The van der Waals surface area contributed by atoms with Crippen molar-refractivity contribution in [1.29, 1.82) is 0 Å². The van der Waals surface area contributed by atoms with Gasteiger partial charge in [0.05, 0.1) is 5.69 Å². The summed E-state index contributed by atoms with van der Waals surface area (Å²) in [4.78, 5) is 0. The summed E-state index contributed by atoms with van der Waals surface area (Å²) in [5.41, 5.74) is 12.9. The Morgan fingerprint density at radius 2 is 1.94 bits per heavy atom. The second-order valence-electron chi connectivity index (χ2n) is 4.67. The molecule has 1 heterocycles. The van der Waals surface area contributed by atoms with Crippen molar-refractivity contribution in [1.82, 2.24) is 9.78 Å². The van der Waals surface area contributed by atoms with Crippen molar-refractivity contribution in [3.05, 3.63) is 35.2 Å². The zero-order valence-electron chi connectivity index (χ0n) is 11.6. The van der Waals surface area contributed by atoms with Gasteiger partial charge in [0, 0.05) is 24.0 Å². The first-order chi connectivity index (χ1) is 8.58. The fourth-order valence-electron chi connectivity index (χ4n) is 2.40. The molecule has 0 aliphatic carbocycles. The van der Waals surface area contributed by atoms with Crippen LogP contribution in [0.25, 0.3) is 11.1 Å². The lowest BCUT2D eigenvalue weighted by molar-refractivity contribution is 0.705. The third-order valence-corrected chi connectivity index (χ3v) is 3.48. The highest BCUT2D eigenvalue weighted by atomic mass is 15.3. The number of aryl methyl sites for hydroxylation is 3. The molecule has 3 heteroatoms. The summed E-state index contributed by atoms with van der Waals surface area (Å²) < 4.78 is 1.99. The predicted octanol–water partition coefficient (Wildman–Crippen LogP) is 3.10. The highest BCUT2D eigenvalue weighted by Crippen LogP contribution is 2.30. The van der Waals surface area contributed by atoms with Gasteiger partial charge in [0.1, 0.15) is 0 Å². The highest BCUT2D eigenvalue weighted by Gasteiger charge is 2.15. The molecule has 2 rings (SSSR count). The summed E-state index contributed by atoms with van der Waals surface area (Å²) in [6, 6.07) is 6.28. The lowest BCUT2D eigenvalue weighted by Crippen LogP contribution is -1.97. The number of aromatic nitrogens is 2. The standard InChI is InChI=1S/C15H21N3/c1-5-13-15(14(6-2)18(4)17-13)11-8-7-10(3)12(16)9-11/h7-9H,5-6,16H2,1-4H3. The molecule has 96 valence electrons. The van der Waals surface area contributed by atoms with E-state index >= 15 is 0 Å². The van der Waals surface area contributed by atoms with E-state index in [2.05, 4.69) is 37.1 Å². The smallest absolute Gasteiger partial charge is 0.0703 e. The van der Waals surface area contributed by atoms with Crippen LogP contribution in [-0.4, -0.2) is 9.78 Å². The Morgan fingerprint density at radius 3 is 2.50 bits per heavy atom. The molecular formula is C15H21N3. The normalized spacial score (nSPS) is 10.9. The molecule has 0 saturated carbocycles. The van der Waals surface area contributed by atoms with Gasteiger partial charge in [-0.05, 0) is 37.0 Å². The van der Waals surface area contributed by atoms with E-state index in [0.717, 1.165) is 29.8 Å². The van der Waals surface area contributed by atoms with Gasteiger partial charge in [-0.2, -0.15) is 5.10 Å². The number of nitrogens with zero attached hydrogens (tertiary/aromatic N) is 2. The molecule has 0 amide bonds. The number of hydrogen-bond donors (Lipinski definition) is 1. The zero-order valence-corrected chi connectivity index (χ0v) is 11.6. The van der Waals surface area contributed by atoms with E-state index < -0.39 is 0 Å². The maximum absolute atomic E-state index is 6.02. The maximum Gasteiger partial charge on any atom is 0.0703 e. The van der Waals surface area contributed by atoms with E-state index in [1.54, 1.807) is 0 Å². The molecule has 0 aliphatic heterocycles. The van der Waals surface area contributed by atoms with Crippen LogP contribution in [-0.2, 0) is 19.9 Å². The molecule has 3 nitrogen and oxygen atoms in total. The lowest BCUT2D eigenvalue weighted by Gasteiger charge is -2.08. The van der Waals surface area contributed by atoms with Crippen molar-refractivity contribution >= 4 is 5.69 Å². The van der Waals surface area contributed by atoms with Gasteiger partial charge in [-0.3, -0.25) is 4.68 Å². The summed E-state index contributed by atoms with van der Waals surface area (Å²) >= 11 is 0. The third-order valence-electron chi connectivity index (χ3n) is 3.48. The molecule has 0 atom stereocenters. The second kappa shape index (κ2) is 4.84. The van der Waals surface area contributed by atoms with E-state index in [1.165, 1.54) is 16.8 Å². The quantitative estimate of drug-likeness (QED) is 0.842. The fourth-order valence-corrected chi connectivity index (χ4v) is 2.40. The van der Waals surface area contributed by atoms with E-state index in [-0.39, 0.29) is 0 Å². The van der Waals surface area contributed by atoms with Crippen LogP contribution in [0.2, 0.25) is 0 Å². The van der Waals surface area contributed by atoms with Gasteiger partial charge in [0.15, 0.2) is 0 Å². The summed E-state index contributed by atoms with van der Waals surface area (Å²) in [5.74, 6) is 0. The summed E-state index contributed by atoms with van der Waals surface area (Å²) in [7, 11) is 2.01. The molecule has 1 aromatic carbocycles. The monoisotopic (exact) mass is 243 g/mol. The van der Waals surface area contributed by atoms with Crippen molar-refractivity contribution in [2.24, 2.45) is 7.05 Å². The lowest BCUT2D eigenvalue weighted by atomic mass is 9.98. The number of nitrogens with two attached hydrogens (primary N) is 1. The van der Waals surface area contributed by atoms with Gasteiger partial charge < -0.3 is 5.73 Å². The number of rotatable bonds is 3. The average molecular weight is 243 g/mol. The Hall–Kier alpha value is -1.77. The van der Waals surface area contributed by atoms with Crippen molar-refractivity contribution in [3.8, 4) is 11.1 Å². The highest BCUT2D eigenvalue weighted by molar-refractivity contribution is 5.73. The minimum atomic E-state index is 0.848. The first-order valence-corrected chi connectivity index (χ1v) is 6.49. The minimum absolute atomic E-state index is 0.848. The molecule has 2 aromatic rings. The molecule has 0 saturated heterocycles. The third kappa shape index (κ3) is 2.01. The number of anilines is 1. The van der Waals surface area contributed by atoms with Gasteiger partial charge in [0.25, 0.3) is 0 Å². The average Bonchev–Trinajstić information content (AvgIpc) is 2.68. The van der Waals surface area contributed by atoms with Gasteiger partial charge >= 0.3 is 0 Å². The molecule has 2 N–H and O–H groups in total. The first-order valence-electron chi connectivity index (χ1n) is 6.49.